The fraction of sp³-hybridized carbons (Fsp3) is 0.417. The molecule has 0 atom stereocenters. The van der Waals surface area contributed by atoms with Crippen molar-refractivity contribution in [3.8, 4) is 18.1 Å². The van der Waals surface area contributed by atoms with Gasteiger partial charge in [-0.05, 0) is 68.7 Å². The summed E-state index contributed by atoms with van der Waals surface area (Å²) in [6, 6.07) is 15.0. The Labute approximate surface area is 157 Å². The lowest BCUT2D eigenvalue weighted by Crippen LogP contribution is -2.20. The van der Waals surface area contributed by atoms with Crippen LogP contribution < -0.4 is 4.74 Å². The van der Waals surface area contributed by atoms with Gasteiger partial charge in [-0.1, -0.05) is 47.4 Å². The van der Waals surface area contributed by atoms with Crippen LogP contribution in [0.2, 0.25) is 0 Å². The van der Waals surface area contributed by atoms with E-state index in [1.165, 1.54) is 35.1 Å². The Morgan fingerprint density at radius 2 is 1.62 bits per heavy atom. The maximum Gasteiger partial charge on any atom is 0.148 e. The van der Waals surface area contributed by atoms with Crippen molar-refractivity contribution in [2.45, 2.75) is 58.2 Å². The molecule has 0 aromatic heterocycles. The molecule has 1 saturated carbocycles. The third kappa shape index (κ3) is 5.13. The second kappa shape index (κ2) is 8.92. The fourth-order valence-corrected chi connectivity index (χ4v) is 3.89. The number of rotatable bonds is 6. The Hall–Kier alpha value is -2.24. The molecule has 0 bridgehead atoms. The van der Waals surface area contributed by atoms with Crippen LogP contribution in [0.3, 0.4) is 0 Å². The van der Waals surface area contributed by atoms with E-state index in [0.29, 0.717) is 18.6 Å². The van der Waals surface area contributed by atoms with Gasteiger partial charge in [0, 0.05) is 0 Å². The van der Waals surface area contributed by atoms with Crippen LogP contribution in [-0.4, -0.2) is 12.7 Å². The maximum atomic E-state index is 6.19. The summed E-state index contributed by atoms with van der Waals surface area (Å²) in [7, 11) is 0. The Bertz CT molecular complexity index is 727. The highest BCUT2D eigenvalue weighted by molar-refractivity contribution is 5.30. The largest absolute Gasteiger partial charge is 0.481 e. The molecule has 0 spiro atoms. The number of terminal acetylenes is 1. The Morgan fingerprint density at radius 1 is 0.962 bits per heavy atom. The molecule has 2 nitrogen and oxygen atoms in total. The minimum Gasteiger partial charge on any atom is -0.481 e. The molecule has 0 heterocycles. The Balaban J connectivity index is 1.47. The molecule has 1 aliphatic carbocycles. The highest BCUT2D eigenvalue weighted by atomic mass is 16.5. The summed E-state index contributed by atoms with van der Waals surface area (Å²) in [5.74, 6) is 3.96. The van der Waals surface area contributed by atoms with Crippen LogP contribution in [0.15, 0.2) is 42.5 Å². The zero-order valence-corrected chi connectivity index (χ0v) is 15.8. The van der Waals surface area contributed by atoms with E-state index in [0.717, 1.165) is 25.2 Å². The molecule has 2 aromatic rings. The van der Waals surface area contributed by atoms with Crippen molar-refractivity contribution in [2.75, 3.05) is 6.61 Å². The van der Waals surface area contributed by atoms with Gasteiger partial charge in [0.25, 0.3) is 0 Å². The first-order valence-corrected chi connectivity index (χ1v) is 9.49. The molecule has 3 rings (SSSR count). The molecular weight excluding hydrogens is 320 g/mol. The van der Waals surface area contributed by atoms with Crippen molar-refractivity contribution < 1.29 is 9.47 Å². The smallest absolute Gasteiger partial charge is 0.148 e. The summed E-state index contributed by atoms with van der Waals surface area (Å²) in [5.41, 5.74) is 5.29. The van der Waals surface area contributed by atoms with Gasteiger partial charge in [0.15, 0.2) is 0 Å². The van der Waals surface area contributed by atoms with E-state index in [1.54, 1.807) is 0 Å². The van der Waals surface area contributed by atoms with Gasteiger partial charge < -0.3 is 9.47 Å². The molecule has 0 unspecified atom stereocenters. The summed E-state index contributed by atoms with van der Waals surface area (Å²) in [6.45, 7) is 5.33. The van der Waals surface area contributed by atoms with E-state index < -0.39 is 0 Å². The van der Waals surface area contributed by atoms with Crippen LogP contribution >= 0.6 is 0 Å². The van der Waals surface area contributed by atoms with Crippen molar-refractivity contribution in [1.29, 1.82) is 0 Å². The standard InChI is InChI=1S/C24H28O2/c1-4-13-25-23-9-5-21(6-10-23)22-7-11-24(12-8-22)26-17-20-15-18(2)14-19(3)16-20/h1,5-6,9-10,14-16,22,24H,7-8,11-13,17H2,2-3H3. The number of hydrogen-bond acceptors (Lipinski definition) is 2. The SMILES string of the molecule is C#CCOc1ccc(C2CCC(OCc3cc(C)cc(C)c3)CC2)cc1. The van der Waals surface area contributed by atoms with Crippen molar-refractivity contribution in [3.05, 3.63) is 64.7 Å². The highest BCUT2D eigenvalue weighted by Crippen LogP contribution is 2.35. The van der Waals surface area contributed by atoms with Gasteiger partial charge >= 0.3 is 0 Å². The molecule has 0 amide bonds. The summed E-state index contributed by atoms with van der Waals surface area (Å²) in [5, 5.41) is 0. The highest BCUT2D eigenvalue weighted by Gasteiger charge is 2.23. The lowest BCUT2D eigenvalue weighted by molar-refractivity contribution is 0.0133. The van der Waals surface area contributed by atoms with E-state index >= 15 is 0 Å². The maximum absolute atomic E-state index is 6.19. The van der Waals surface area contributed by atoms with Crippen molar-refractivity contribution >= 4 is 0 Å². The van der Waals surface area contributed by atoms with E-state index in [9.17, 15) is 0 Å². The zero-order chi connectivity index (χ0) is 18.4. The van der Waals surface area contributed by atoms with Crippen molar-refractivity contribution in [1.82, 2.24) is 0 Å². The van der Waals surface area contributed by atoms with Crippen LogP contribution in [-0.2, 0) is 11.3 Å². The van der Waals surface area contributed by atoms with E-state index in [-0.39, 0.29) is 0 Å². The lowest BCUT2D eigenvalue weighted by atomic mass is 9.83. The molecule has 0 aliphatic heterocycles. The Morgan fingerprint density at radius 3 is 2.23 bits per heavy atom. The third-order valence-electron chi connectivity index (χ3n) is 5.12. The number of aryl methyl sites for hydroxylation is 2. The van der Waals surface area contributed by atoms with Crippen LogP contribution in [0.1, 0.15) is 53.9 Å². The van der Waals surface area contributed by atoms with Gasteiger partial charge in [-0.25, -0.2) is 0 Å². The first-order chi connectivity index (χ1) is 12.6. The van der Waals surface area contributed by atoms with Gasteiger partial charge in [-0.2, -0.15) is 0 Å². The van der Waals surface area contributed by atoms with Crippen molar-refractivity contribution in [2.24, 2.45) is 0 Å². The summed E-state index contributed by atoms with van der Waals surface area (Å²) in [4.78, 5) is 0. The summed E-state index contributed by atoms with van der Waals surface area (Å²) < 4.78 is 11.6. The van der Waals surface area contributed by atoms with E-state index in [4.69, 9.17) is 15.9 Å². The van der Waals surface area contributed by atoms with Gasteiger partial charge in [-0.3, -0.25) is 0 Å². The first-order valence-electron chi connectivity index (χ1n) is 9.49. The van der Waals surface area contributed by atoms with Crippen LogP contribution in [0.4, 0.5) is 0 Å². The predicted molar refractivity (Wildman–Crippen MR) is 106 cm³/mol. The van der Waals surface area contributed by atoms with Crippen molar-refractivity contribution in [3.63, 3.8) is 0 Å². The molecule has 2 aromatic carbocycles. The monoisotopic (exact) mass is 348 g/mol. The fourth-order valence-electron chi connectivity index (χ4n) is 3.89. The molecule has 0 radical (unpaired) electrons. The summed E-state index contributed by atoms with van der Waals surface area (Å²) in [6.07, 6.45) is 10.2. The molecule has 1 fully saturated rings. The number of ether oxygens (including phenoxy) is 2. The quantitative estimate of drug-likeness (QED) is 0.636. The van der Waals surface area contributed by atoms with Crippen LogP contribution in [0.5, 0.6) is 5.75 Å². The van der Waals surface area contributed by atoms with Gasteiger partial charge in [0.2, 0.25) is 0 Å². The second-order valence-electron chi connectivity index (χ2n) is 7.34. The average Bonchev–Trinajstić information content (AvgIpc) is 2.65. The van der Waals surface area contributed by atoms with E-state index in [2.05, 4.69) is 50.1 Å². The molecule has 0 N–H and O–H groups in total. The average molecular weight is 348 g/mol. The molecule has 26 heavy (non-hydrogen) atoms. The molecule has 1 aliphatic rings. The third-order valence-corrected chi connectivity index (χ3v) is 5.12. The van der Waals surface area contributed by atoms with Crippen LogP contribution in [0.25, 0.3) is 0 Å². The minimum absolute atomic E-state index is 0.322. The topological polar surface area (TPSA) is 18.5 Å². The van der Waals surface area contributed by atoms with Crippen LogP contribution in [0, 0.1) is 26.2 Å². The van der Waals surface area contributed by atoms with Gasteiger partial charge in [-0.15, -0.1) is 6.42 Å². The first kappa shape index (κ1) is 18.5. The van der Waals surface area contributed by atoms with Gasteiger partial charge in [0.05, 0.1) is 12.7 Å². The Kier molecular flexibility index (Phi) is 6.36. The van der Waals surface area contributed by atoms with Gasteiger partial charge in [0.1, 0.15) is 12.4 Å². The zero-order valence-electron chi connectivity index (χ0n) is 15.8. The normalized spacial score (nSPS) is 19.7. The predicted octanol–water partition coefficient (Wildman–Crippen LogP) is 5.56. The molecule has 136 valence electrons. The van der Waals surface area contributed by atoms with E-state index in [1.807, 2.05) is 12.1 Å². The second-order valence-corrected chi connectivity index (χ2v) is 7.34. The molecule has 2 heteroatoms. The lowest BCUT2D eigenvalue weighted by Gasteiger charge is -2.29. The number of benzene rings is 2. The molecular formula is C24H28O2. The minimum atomic E-state index is 0.322. The molecule has 0 saturated heterocycles. The summed E-state index contributed by atoms with van der Waals surface area (Å²) >= 11 is 0. The number of hydrogen-bond donors (Lipinski definition) is 0.